The van der Waals surface area contributed by atoms with Gasteiger partial charge in [0, 0.05) is 55.6 Å². The van der Waals surface area contributed by atoms with E-state index in [0.29, 0.717) is 26.1 Å². The minimum atomic E-state index is -0.846. The van der Waals surface area contributed by atoms with E-state index in [0.717, 1.165) is 22.5 Å². The number of hydrogen-bond acceptors (Lipinski definition) is 4. The van der Waals surface area contributed by atoms with Crippen molar-refractivity contribution >= 4 is 11.9 Å². The van der Waals surface area contributed by atoms with Crippen LogP contribution in [-0.2, 0) is 29.1 Å². The monoisotopic (exact) mass is 314 g/mol. The number of aliphatic carboxylic acids is 1. The zero-order chi connectivity index (χ0) is 16.4. The smallest absolute Gasteiger partial charge is 0.305 e. The van der Waals surface area contributed by atoms with Crippen molar-refractivity contribution in [1.29, 1.82) is 0 Å². The second-order valence-electron chi connectivity index (χ2n) is 5.57. The number of nitrogens with zero attached hydrogens (tertiary/aromatic N) is 4. The van der Waals surface area contributed by atoms with E-state index in [1.165, 1.54) is 0 Å². The normalized spacial score (nSPS) is 13.7. The molecule has 2 aromatic rings. The molecule has 0 fully saturated rings. The number of fused-ring (bicyclic) bond motifs is 1. The first-order chi connectivity index (χ1) is 11.1. The lowest BCUT2D eigenvalue weighted by Crippen LogP contribution is -2.34. The molecule has 0 aliphatic carbocycles. The van der Waals surface area contributed by atoms with Crippen LogP contribution in [0.3, 0.4) is 0 Å². The highest BCUT2D eigenvalue weighted by molar-refractivity contribution is 5.74. The predicted molar refractivity (Wildman–Crippen MR) is 82.5 cm³/mol. The minimum absolute atomic E-state index is 0.0281. The fourth-order valence-corrected chi connectivity index (χ4v) is 2.89. The number of carboxylic acid groups (broad SMARTS) is 1. The Morgan fingerprint density at radius 3 is 2.70 bits per heavy atom. The molecular weight excluding hydrogens is 296 g/mol. The van der Waals surface area contributed by atoms with Gasteiger partial charge < -0.3 is 10.0 Å². The van der Waals surface area contributed by atoms with E-state index in [1.54, 1.807) is 28.9 Å². The first-order valence-corrected chi connectivity index (χ1v) is 7.52. The van der Waals surface area contributed by atoms with E-state index in [-0.39, 0.29) is 12.3 Å². The molecule has 1 amide bonds. The van der Waals surface area contributed by atoms with Crippen molar-refractivity contribution in [2.75, 3.05) is 6.54 Å². The van der Waals surface area contributed by atoms with Crippen molar-refractivity contribution in [2.24, 2.45) is 0 Å². The summed E-state index contributed by atoms with van der Waals surface area (Å²) in [5.74, 6) is -0.810. The molecule has 1 aliphatic rings. The molecular formula is C16H18N4O3. The Morgan fingerprint density at radius 1 is 1.30 bits per heavy atom. The molecule has 0 unspecified atom stereocenters. The van der Waals surface area contributed by atoms with Crippen LogP contribution in [0, 0.1) is 0 Å². The van der Waals surface area contributed by atoms with Crippen LogP contribution in [0.2, 0.25) is 0 Å². The van der Waals surface area contributed by atoms with Crippen LogP contribution in [-0.4, -0.2) is 43.2 Å². The highest BCUT2D eigenvalue weighted by Crippen LogP contribution is 2.30. The van der Waals surface area contributed by atoms with Gasteiger partial charge in [-0.2, -0.15) is 5.10 Å². The summed E-state index contributed by atoms with van der Waals surface area (Å²) in [4.78, 5) is 28.3. The highest BCUT2D eigenvalue weighted by Gasteiger charge is 2.26. The third-order valence-corrected chi connectivity index (χ3v) is 4.07. The van der Waals surface area contributed by atoms with Gasteiger partial charge in [-0.1, -0.05) is 0 Å². The molecule has 7 heteroatoms. The van der Waals surface area contributed by atoms with Crippen LogP contribution >= 0.6 is 0 Å². The molecule has 3 rings (SSSR count). The quantitative estimate of drug-likeness (QED) is 0.919. The SMILES string of the molecule is CC(=O)N1CCc2c(c(-c3ccncc3)nn2CCC(=O)O)C1. The van der Waals surface area contributed by atoms with Crippen LogP contribution in [0.4, 0.5) is 0 Å². The molecule has 2 aromatic heterocycles. The molecule has 120 valence electrons. The number of aromatic nitrogens is 3. The van der Waals surface area contributed by atoms with E-state index < -0.39 is 5.97 Å². The van der Waals surface area contributed by atoms with Gasteiger partial charge in [-0.25, -0.2) is 0 Å². The van der Waals surface area contributed by atoms with E-state index in [2.05, 4.69) is 10.1 Å². The standard InChI is InChI=1S/C16H18N4O3/c1-11(21)19-8-4-14-13(10-19)16(12-2-6-17-7-3-12)18-20(14)9-5-15(22)23/h2-3,6-7H,4-5,8-10H2,1H3,(H,22,23). The lowest BCUT2D eigenvalue weighted by molar-refractivity contribution is -0.137. The summed E-state index contributed by atoms with van der Waals surface area (Å²) in [5.41, 5.74) is 3.76. The summed E-state index contributed by atoms with van der Waals surface area (Å²) in [6.07, 6.45) is 4.11. The maximum Gasteiger partial charge on any atom is 0.305 e. The number of pyridine rings is 1. The summed E-state index contributed by atoms with van der Waals surface area (Å²) in [7, 11) is 0. The van der Waals surface area contributed by atoms with E-state index >= 15 is 0 Å². The van der Waals surface area contributed by atoms with Gasteiger partial charge in [-0.15, -0.1) is 0 Å². The van der Waals surface area contributed by atoms with Gasteiger partial charge >= 0.3 is 5.97 Å². The van der Waals surface area contributed by atoms with E-state index in [1.807, 2.05) is 12.1 Å². The predicted octanol–water partition coefficient (Wildman–Crippen LogP) is 1.32. The number of carbonyl (C=O) groups excluding carboxylic acids is 1. The van der Waals surface area contributed by atoms with Gasteiger partial charge in [0.25, 0.3) is 0 Å². The molecule has 0 atom stereocenters. The number of rotatable bonds is 4. The first-order valence-electron chi connectivity index (χ1n) is 7.52. The van der Waals surface area contributed by atoms with E-state index in [4.69, 9.17) is 5.11 Å². The summed E-state index contributed by atoms with van der Waals surface area (Å²) >= 11 is 0. The van der Waals surface area contributed by atoms with Crippen molar-refractivity contribution in [3.8, 4) is 11.3 Å². The molecule has 0 saturated heterocycles. The molecule has 0 saturated carbocycles. The van der Waals surface area contributed by atoms with Crippen LogP contribution in [0.25, 0.3) is 11.3 Å². The Labute approximate surface area is 133 Å². The average Bonchev–Trinajstić information content (AvgIpc) is 2.91. The van der Waals surface area contributed by atoms with Crippen molar-refractivity contribution in [1.82, 2.24) is 19.7 Å². The third-order valence-electron chi connectivity index (χ3n) is 4.07. The Morgan fingerprint density at radius 2 is 2.04 bits per heavy atom. The number of carboxylic acids is 1. The average molecular weight is 314 g/mol. The molecule has 0 radical (unpaired) electrons. The van der Waals surface area contributed by atoms with Crippen molar-refractivity contribution < 1.29 is 14.7 Å². The van der Waals surface area contributed by atoms with Crippen LogP contribution in [0.1, 0.15) is 24.6 Å². The Balaban J connectivity index is 2.02. The molecule has 0 bridgehead atoms. The zero-order valence-electron chi connectivity index (χ0n) is 12.9. The number of carbonyl (C=O) groups is 2. The first kappa shape index (κ1) is 15.2. The lowest BCUT2D eigenvalue weighted by atomic mass is 10.0. The number of amides is 1. The Bertz CT molecular complexity index is 739. The highest BCUT2D eigenvalue weighted by atomic mass is 16.4. The second kappa shape index (κ2) is 6.20. The molecule has 0 aromatic carbocycles. The molecule has 23 heavy (non-hydrogen) atoms. The Kier molecular flexibility index (Phi) is 4.10. The molecule has 1 aliphatic heterocycles. The van der Waals surface area contributed by atoms with Crippen LogP contribution < -0.4 is 0 Å². The van der Waals surface area contributed by atoms with Gasteiger partial charge in [0.15, 0.2) is 0 Å². The lowest BCUT2D eigenvalue weighted by Gasteiger charge is -2.26. The summed E-state index contributed by atoms with van der Waals surface area (Å²) < 4.78 is 1.77. The summed E-state index contributed by atoms with van der Waals surface area (Å²) in [6, 6.07) is 3.74. The number of aryl methyl sites for hydroxylation is 1. The van der Waals surface area contributed by atoms with Crippen molar-refractivity contribution in [2.45, 2.75) is 32.9 Å². The Hall–Kier alpha value is -2.70. The maximum atomic E-state index is 11.7. The van der Waals surface area contributed by atoms with Crippen molar-refractivity contribution in [3.63, 3.8) is 0 Å². The van der Waals surface area contributed by atoms with Gasteiger partial charge in [-0.05, 0) is 12.1 Å². The van der Waals surface area contributed by atoms with Gasteiger partial charge in [0.05, 0.1) is 18.7 Å². The largest absolute Gasteiger partial charge is 0.481 e. The van der Waals surface area contributed by atoms with Gasteiger partial charge in [0.2, 0.25) is 5.91 Å². The molecule has 0 spiro atoms. The van der Waals surface area contributed by atoms with Crippen LogP contribution in [0.15, 0.2) is 24.5 Å². The van der Waals surface area contributed by atoms with Crippen LogP contribution in [0.5, 0.6) is 0 Å². The molecule has 7 nitrogen and oxygen atoms in total. The van der Waals surface area contributed by atoms with Crippen molar-refractivity contribution in [3.05, 3.63) is 35.8 Å². The molecule has 3 heterocycles. The fraction of sp³-hybridized carbons (Fsp3) is 0.375. The van der Waals surface area contributed by atoms with Gasteiger partial charge in [0.1, 0.15) is 0 Å². The third kappa shape index (κ3) is 3.08. The fourth-order valence-electron chi connectivity index (χ4n) is 2.89. The zero-order valence-corrected chi connectivity index (χ0v) is 12.9. The number of hydrogen-bond donors (Lipinski definition) is 1. The molecule has 1 N–H and O–H groups in total. The minimum Gasteiger partial charge on any atom is -0.481 e. The summed E-state index contributed by atoms with van der Waals surface area (Å²) in [6.45, 7) is 3.04. The topological polar surface area (TPSA) is 88.3 Å². The summed E-state index contributed by atoms with van der Waals surface area (Å²) in [5, 5.41) is 13.5. The maximum absolute atomic E-state index is 11.7. The van der Waals surface area contributed by atoms with Gasteiger partial charge in [-0.3, -0.25) is 19.3 Å². The van der Waals surface area contributed by atoms with E-state index in [9.17, 15) is 9.59 Å². The second-order valence-corrected chi connectivity index (χ2v) is 5.57.